The van der Waals surface area contributed by atoms with Gasteiger partial charge in [0.25, 0.3) is 0 Å². The molecule has 126 valence electrons. The average Bonchev–Trinajstić information content (AvgIpc) is 3.18. The average molecular weight is 318 g/mol. The summed E-state index contributed by atoms with van der Waals surface area (Å²) in [4.78, 5) is 26.5. The molecule has 2 bridgehead atoms. The third kappa shape index (κ3) is 2.02. The van der Waals surface area contributed by atoms with Gasteiger partial charge in [0.05, 0.1) is 6.04 Å². The van der Waals surface area contributed by atoms with Crippen LogP contribution in [0, 0.1) is 40.9 Å². The van der Waals surface area contributed by atoms with E-state index in [1.165, 1.54) is 6.42 Å². The molecule has 8 atom stereocenters. The minimum Gasteiger partial charge on any atom is -0.480 e. The Hall–Kier alpha value is -1.36. The zero-order valence-electron chi connectivity index (χ0n) is 14.0. The van der Waals surface area contributed by atoms with Gasteiger partial charge in [-0.1, -0.05) is 32.9 Å². The van der Waals surface area contributed by atoms with Crippen molar-refractivity contribution in [2.24, 2.45) is 46.7 Å². The van der Waals surface area contributed by atoms with Crippen LogP contribution in [-0.4, -0.2) is 40.5 Å². The van der Waals surface area contributed by atoms with Crippen LogP contribution in [0.3, 0.4) is 0 Å². The predicted octanol–water partition coefficient (Wildman–Crippen LogP) is 1.34. The molecule has 3 fully saturated rings. The summed E-state index contributed by atoms with van der Waals surface area (Å²) in [6.45, 7) is 6.33. The Bertz CT molecular complexity index is 594. The van der Waals surface area contributed by atoms with Gasteiger partial charge in [-0.3, -0.25) is 4.79 Å². The van der Waals surface area contributed by atoms with Crippen molar-refractivity contribution in [3.8, 4) is 0 Å². The first-order chi connectivity index (χ1) is 10.7. The van der Waals surface area contributed by atoms with Gasteiger partial charge in [-0.15, -0.1) is 0 Å². The van der Waals surface area contributed by atoms with Crippen molar-refractivity contribution in [1.82, 2.24) is 4.90 Å². The Morgan fingerprint density at radius 2 is 1.78 bits per heavy atom. The molecule has 5 heteroatoms. The summed E-state index contributed by atoms with van der Waals surface area (Å²) in [5, 5.41) is 9.83. The predicted molar refractivity (Wildman–Crippen MR) is 85.3 cm³/mol. The molecule has 0 aromatic heterocycles. The number of carbonyl (C=O) groups is 2. The Balaban J connectivity index is 1.65. The number of carbonyl (C=O) groups excluding carboxylic acids is 1. The molecule has 0 aromatic rings. The molecule has 0 unspecified atom stereocenters. The number of carboxylic acid groups (broad SMARTS) is 1. The van der Waals surface area contributed by atoms with Crippen LogP contribution >= 0.6 is 0 Å². The third-order valence-corrected chi connectivity index (χ3v) is 6.71. The summed E-state index contributed by atoms with van der Waals surface area (Å²) < 4.78 is 0. The maximum atomic E-state index is 12.9. The summed E-state index contributed by atoms with van der Waals surface area (Å²) in [5.74, 6) is 1.47. The van der Waals surface area contributed by atoms with Crippen LogP contribution in [0.4, 0.5) is 0 Å². The Labute approximate surface area is 136 Å². The first-order valence-electron chi connectivity index (χ1n) is 8.69. The number of rotatable bonds is 2. The van der Waals surface area contributed by atoms with Gasteiger partial charge in [0.2, 0.25) is 5.91 Å². The SMILES string of the molecule is CC(C)(C)[C@H](N)C(=O)N1C[C@@H]2[C@@H]3C=C[C@@H]([C@H]4C[C@@H]34)[C@@H]2[C@H]1C(=O)O. The normalized spacial score (nSPS) is 44.7. The summed E-state index contributed by atoms with van der Waals surface area (Å²) >= 11 is 0. The van der Waals surface area contributed by atoms with E-state index in [0.717, 1.165) is 5.92 Å². The van der Waals surface area contributed by atoms with E-state index in [9.17, 15) is 14.7 Å². The molecule has 3 N–H and O–H groups in total. The third-order valence-electron chi connectivity index (χ3n) is 6.71. The maximum Gasteiger partial charge on any atom is 0.326 e. The van der Waals surface area contributed by atoms with E-state index in [4.69, 9.17) is 5.73 Å². The van der Waals surface area contributed by atoms with Gasteiger partial charge in [-0.05, 0) is 41.4 Å². The maximum absolute atomic E-state index is 12.9. The quantitative estimate of drug-likeness (QED) is 0.753. The fourth-order valence-corrected chi connectivity index (χ4v) is 5.39. The molecule has 1 heterocycles. The van der Waals surface area contributed by atoms with E-state index in [2.05, 4.69) is 12.2 Å². The molecule has 1 aliphatic heterocycles. The lowest BCUT2D eigenvalue weighted by Gasteiger charge is -2.41. The topological polar surface area (TPSA) is 83.6 Å². The minimum atomic E-state index is -0.870. The highest BCUT2D eigenvalue weighted by atomic mass is 16.4. The molecule has 23 heavy (non-hydrogen) atoms. The van der Waals surface area contributed by atoms with Crippen molar-refractivity contribution in [3.05, 3.63) is 12.2 Å². The highest BCUT2D eigenvalue weighted by Crippen LogP contribution is 2.66. The van der Waals surface area contributed by atoms with Crippen LogP contribution in [0.5, 0.6) is 0 Å². The van der Waals surface area contributed by atoms with Gasteiger partial charge >= 0.3 is 5.97 Å². The fourth-order valence-electron chi connectivity index (χ4n) is 5.39. The highest BCUT2D eigenvalue weighted by Gasteiger charge is 2.65. The summed E-state index contributed by atoms with van der Waals surface area (Å²) in [6.07, 6.45) is 5.75. The standard InChI is InChI=1S/C18H26N2O3/c1-18(2,3)15(19)16(21)20-7-12-8-4-5-9(11-6-10(8)11)13(12)14(20)17(22)23/h4-5,8-15H,6-7,19H2,1-3H3,(H,22,23)/t8-,9+,10+,11-,12-,13+,14+,15-/m1/s1. The first kappa shape index (κ1) is 15.2. The molecule has 5 aliphatic rings. The first-order valence-corrected chi connectivity index (χ1v) is 8.69. The molecule has 0 aromatic carbocycles. The number of nitrogens with zero attached hydrogens (tertiary/aromatic N) is 1. The molecule has 1 amide bonds. The van der Waals surface area contributed by atoms with Crippen molar-refractivity contribution in [2.45, 2.75) is 39.3 Å². The number of aliphatic carboxylic acids is 1. The zero-order valence-corrected chi connectivity index (χ0v) is 14.0. The van der Waals surface area contributed by atoms with Gasteiger partial charge < -0.3 is 15.7 Å². The number of carboxylic acids is 1. The van der Waals surface area contributed by atoms with Crippen LogP contribution < -0.4 is 5.73 Å². The molecular formula is C18H26N2O3. The van der Waals surface area contributed by atoms with Crippen molar-refractivity contribution in [1.29, 1.82) is 0 Å². The van der Waals surface area contributed by atoms with Gasteiger partial charge in [-0.25, -0.2) is 4.79 Å². The van der Waals surface area contributed by atoms with E-state index < -0.39 is 18.1 Å². The molecule has 0 spiro atoms. The number of allylic oxidation sites excluding steroid dienone is 2. The summed E-state index contributed by atoms with van der Waals surface area (Å²) in [6, 6.07) is -1.37. The lowest BCUT2D eigenvalue weighted by atomic mass is 9.62. The van der Waals surface area contributed by atoms with Gasteiger partial charge in [0.1, 0.15) is 6.04 Å². The van der Waals surface area contributed by atoms with Crippen molar-refractivity contribution >= 4 is 11.9 Å². The van der Waals surface area contributed by atoms with Crippen molar-refractivity contribution in [3.63, 3.8) is 0 Å². The molecule has 1 saturated heterocycles. The van der Waals surface area contributed by atoms with Crippen LogP contribution in [0.2, 0.25) is 0 Å². The van der Waals surface area contributed by atoms with Gasteiger partial charge in [0.15, 0.2) is 0 Å². The highest BCUT2D eigenvalue weighted by molar-refractivity contribution is 5.88. The second-order valence-corrected chi connectivity index (χ2v) is 8.96. The molecule has 4 aliphatic carbocycles. The van der Waals surface area contributed by atoms with Gasteiger partial charge in [0, 0.05) is 12.5 Å². The number of nitrogens with two attached hydrogens (primary N) is 1. The number of likely N-dealkylation sites (tertiary alicyclic amines) is 1. The van der Waals surface area contributed by atoms with Crippen molar-refractivity contribution in [2.75, 3.05) is 6.54 Å². The molecule has 2 saturated carbocycles. The van der Waals surface area contributed by atoms with Crippen LogP contribution in [-0.2, 0) is 9.59 Å². The number of amides is 1. The summed E-state index contributed by atoms with van der Waals surface area (Å²) in [7, 11) is 0. The minimum absolute atomic E-state index is 0.0716. The van der Waals surface area contributed by atoms with E-state index >= 15 is 0 Å². The monoisotopic (exact) mass is 318 g/mol. The lowest BCUT2D eigenvalue weighted by molar-refractivity contribution is -0.151. The smallest absolute Gasteiger partial charge is 0.326 e. The number of hydrogen-bond acceptors (Lipinski definition) is 3. The van der Waals surface area contributed by atoms with E-state index in [1.807, 2.05) is 20.8 Å². The largest absolute Gasteiger partial charge is 0.480 e. The Morgan fingerprint density at radius 1 is 1.17 bits per heavy atom. The molecule has 5 rings (SSSR count). The Morgan fingerprint density at radius 3 is 2.39 bits per heavy atom. The zero-order chi connectivity index (χ0) is 16.7. The van der Waals surface area contributed by atoms with Crippen molar-refractivity contribution < 1.29 is 14.7 Å². The second kappa shape index (κ2) is 4.59. The molecular weight excluding hydrogens is 292 g/mol. The molecule has 5 nitrogen and oxygen atoms in total. The van der Waals surface area contributed by atoms with E-state index in [0.29, 0.717) is 30.2 Å². The lowest BCUT2D eigenvalue weighted by Crippen LogP contribution is -2.54. The Kier molecular flexibility index (Phi) is 3.03. The van der Waals surface area contributed by atoms with Crippen LogP contribution in [0.15, 0.2) is 12.2 Å². The second-order valence-electron chi connectivity index (χ2n) is 8.96. The number of hydrogen-bond donors (Lipinski definition) is 2. The molecule has 0 radical (unpaired) electrons. The van der Waals surface area contributed by atoms with E-state index in [1.54, 1.807) is 4.90 Å². The summed E-state index contributed by atoms with van der Waals surface area (Å²) in [5.41, 5.74) is 5.78. The van der Waals surface area contributed by atoms with Gasteiger partial charge in [-0.2, -0.15) is 0 Å². The van der Waals surface area contributed by atoms with E-state index in [-0.39, 0.29) is 17.2 Å². The van der Waals surface area contributed by atoms with Crippen LogP contribution in [0.1, 0.15) is 27.2 Å². The fraction of sp³-hybridized carbons (Fsp3) is 0.778. The van der Waals surface area contributed by atoms with Crippen LogP contribution in [0.25, 0.3) is 0 Å².